The lowest BCUT2D eigenvalue weighted by atomic mass is 10.1. The van der Waals surface area contributed by atoms with Crippen LogP contribution in [0.3, 0.4) is 0 Å². The summed E-state index contributed by atoms with van der Waals surface area (Å²) < 4.78 is 39.2. The van der Waals surface area contributed by atoms with E-state index in [0.29, 0.717) is 18.4 Å². The van der Waals surface area contributed by atoms with Gasteiger partial charge in [-0.3, -0.25) is 4.90 Å². The van der Waals surface area contributed by atoms with Crippen molar-refractivity contribution in [3.63, 3.8) is 0 Å². The summed E-state index contributed by atoms with van der Waals surface area (Å²) in [6, 6.07) is 8.90. The number of nitrogens with zero attached hydrogens (tertiary/aromatic N) is 3. The van der Waals surface area contributed by atoms with Crippen LogP contribution in [0, 0.1) is 0 Å². The first-order valence-corrected chi connectivity index (χ1v) is 8.33. The number of imidazole rings is 1. The molecule has 130 valence electrons. The minimum Gasteiger partial charge on any atom is -0.325 e. The third kappa shape index (κ3) is 4.60. The maximum Gasteiger partial charge on any atom is 0.406 e. The third-order valence-electron chi connectivity index (χ3n) is 4.38. The Balaban J connectivity index is 1.69. The van der Waals surface area contributed by atoms with E-state index in [-0.39, 0.29) is 0 Å². The molecule has 0 atom stereocenters. The van der Waals surface area contributed by atoms with Crippen molar-refractivity contribution in [1.82, 2.24) is 14.5 Å². The lowest BCUT2D eigenvalue weighted by molar-refractivity contribution is -0.141. The fourth-order valence-electron chi connectivity index (χ4n) is 2.88. The van der Waals surface area contributed by atoms with Crippen molar-refractivity contribution in [2.45, 2.75) is 58.0 Å². The Labute approximate surface area is 140 Å². The molecule has 0 aliphatic heterocycles. The Morgan fingerprint density at radius 3 is 2.38 bits per heavy atom. The summed E-state index contributed by atoms with van der Waals surface area (Å²) in [5.41, 5.74) is 2.48. The number of hydrogen-bond donors (Lipinski definition) is 0. The molecule has 3 nitrogen and oxygen atoms in total. The first kappa shape index (κ1) is 17.0. The van der Waals surface area contributed by atoms with E-state index in [1.165, 1.54) is 28.1 Å². The van der Waals surface area contributed by atoms with E-state index < -0.39 is 12.7 Å². The lowest BCUT2D eigenvalue weighted by Gasteiger charge is -2.22. The van der Waals surface area contributed by atoms with Crippen molar-refractivity contribution in [1.29, 1.82) is 0 Å². The van der Waals surface area contributed by atoms with E-state index in [1.807, 2.05) is 0 Å². The number of hydrogen-bond acceptors (Lipinski definition) is 2. The van der Waals surface area contributed by atoms with Crippen LogP contribution in [0.15, 0.2) is 36.7 Å². The highest BCUT2D eigenvalue weighted by atomic mass is 19.4. The van der Waals surface area contributed by atoms with Gasteiger partial charge in [0.05, 0.1) is 6.54 Å². The van der Waals surface area contributed by atoms with E-state index in [4.69, 9.17) is 0 Å². The van der Waals surface area contributed by atoms with Crippen LogP contribution in [0.1, 0.15) is 36.7 Å². The monoisotopic (exact) mass is 337 g/mol. The van der Waals surface area contributed by atoms with Crippen molar-refractivity contribution in [3.8, 4) is 0 Å². The zero-order valence-corrected chi connectivity index (χ0v) is 13.8. The Kier molecular flexibility index (Phi) is 4.94. The van der Waals surface area contributed by atoms with E-state index >= 15 is 0 Å². The van der Waals surface area contributed by atoms with Gasteiger partial charge in [0.2, 0.25) is 0 Å². The van der Waals surface area contributed by atoms with Crippen LogP contribution in [-0.2, 0) is 26.1 Å². The molecule has 1 aliphatic rings. The molecule has 6 heteroatoms. The molecule has 0 amide bonds. The first-order chi connectivity index (χ1) is 11.4. The molecule has 2 aromatic rings. The summed E-state index contributed by atoms with van der Waals surface area (Å²) in [4.78, 5) is 6.37. The number of benzene rings is 1. The van der Waals surface area contributed by atoms with Gasteiger partial charge in [-0.15, -0.1) is 0 Å². The van der Waals surface area contributed by atoms with Gasteiger partial charge >= 0.3 is 6.18 Å². The predicted molar refractivity (Wildman–Crippen MR) is 86.4 cm³/mol. The summed E-state index contributed by atoms with van der Waals surface area (Å²) in [7, 11) is 0. The van der Waals surface area contributed by atoms with Gasteiger partial charge in [-0.25, -0.2) is 4.98 Å². The molecule has 1 heterocycles. The molecule has 1 aliphatic carbocycles. The van der Waals surface area contributed by atoms with Crippen LogP contribution < -0.4 is 0 Å². The van der Waals surface area contributed by atoms with Crippen molar-refractivity contribution in [2.75, 3.05) is 0 Å². The summed E-state index contributed by atoms with van der Waals surface area (Å²) in [6.07, 6.45) is 1.84. The second-order valence-corrected chi connectivity index (χ2v) is 6.39. The van der Waals surface area contributed by atoms with Crippen molar-refractivity contribution in [3.05, 3.63) is 53.6 Å². The molecule has 1 saturated carbocycles. The van der Waals surface area contributed by atoms with Crippen LogP contribution in [0.2, 0.25) is 0 Å². The van der Waals surface area contributed by atoms with Gasteiger partial charge in [0.25, 0.3) is 0 Å². The molecular formula is C18H22F3N3. The molecule has 1 fully saturated rings. The van der Waals surface area contributed by atoms with E-state index in [9.17, 15) is 13.2 Å². The highest BCUT2D eigenvalue weighted by Crippen LogP contribution is 2.30. The molecule has 0 bridgehead atoms. The molecule has 0 unspecified atom stereocenters. The molecule has 24 heavy (non-hydrogen) atoms. The summed E-state index contributed by atoms with van der Waals surface area (Å²) in [5.74, 6) is 0.476. The highest BCUT2D eigenvalue weighted by Gasteiger charge is 2.32. The van der Waals surface area contributed by atoms with Crippen molar-refractivity contribution >= 4 is 0 Å². The Bertz CT molecular complexity index is 657. The Morgan fingerprint density at radius 1 is 1.12 bits per heavy atom. The number of aryl methyl sites for hydroxylation is 1. The first-order valence-electron chi connectivity index (χ1n) is 8.33. The maximum absolute atomic E-state index is 12.7. The van der Waals surface area contributed by atoms with E-state index in [2.05, 4.69) is 41.1 Å². The van der Waals surface area contributed by atoms with Gasteiger partial charge in [-0.1, -0.05) is 31.2 Å². The van der Waals surface area contributed by atoms with Crippen LogP contribution in [0.5, 0.6) is 0 Å². The lowest BCUT2D eigenvalue weighted by Crippen LogP contribution is -2.28. The number of aromatic nitrogens is 2. The second-order valence-electron chi connectivity index (χ2n) is 6.39. The van der Waals surface area contributed by atoms with Crippen molar-refractivity contribution in [2.24, 2.45) is 0 Å². The molecule has 0 spiro atoms. The standard InChI is InChI=1S/C18H22F3N3/c1-2-14-3-5-15(6-4-14)11-24(16-7-8-16)12-17-22-9-10-23(17)13-18(19,20)21/h3-6,9-10,16H,2,7-8,11-13H2,1H3. The second kappa shape index (κ2) is 6.97. The average Bonchev–Trinajstić information content (AvgIpc) is 3.29. The van der Waals surface area contributed by atoms with Crippen LogP contribution in [0.25, 0.3) is 0 Å². The molecular weight excluding hydrogens is 315 g/mol. The quantitative estimate of drug-likeness (QED) is 0.756. The molecule has 0 N–H and O–H groups in total. The summed E-state index contributed by atoms with van der Waals surface area (Å²) in [5, 5.41) is 0. The van der Waals surface area contributed by atoms with Gasteiger partial charge in [-0.05, 0) is 30.4 Å². The fraction of sp³-hybridized carbons (Fsp3) is 0.500. The SMILES string of the molecule is CCc1ccc(CN(Cc2nccn2CC(F)(F)F)C2CC2)cc1. The zero-order valence-electron chi connectivity index (χ0n) is 13.8. The molecule has 0 saturated heterocycles. The van der Waals surface area contributed by atoms with Gasteiger partial charge in [-0.2, -0.15) is 13.2 Å². The molecule has 1 aromatic heterocycles. The summed E-state index contributed by atoms with van der Waals surface area (Å²) >= 11 is 0. The van der Waals surface area contributed by atoms with E-state index in [0.717, 1.165) is 25.8 Å². The maximum atomic E-state index is 12.7. The Morgan fingerprint density at radius 2 is 1.79 bits per heavy atom. The van der Waals surface area contributed by atoms with Gasteiger partial charge < -0.3 is 4.57 Å². The summed E-state index contributed by atoms with van der Waals surface area (Å²) in [6.45, 7) is 2.33. The smallest absolute Gasteiger partial charge is 0.325 e. The third-order valence-corrected chi connectivity index (χ3v) is 4.38. The molecule has 0 radical (unpaired) electrons. The molecule has 1 aromatic carbocycles. The topological polar surface area (TPSA) is 21.1 Å². The van der Waals surface area contributed by atoms with E-state index in [1.54, 1.807) is 0 Å². The van der Waals surface area contributed by atoms with Crippen LogP contribution >= 0.6 is 0 Å². The Hall–Kier alpha value is -1.82. The normalized spacial score (nSPS) is 15.2. The van der Waals surface area contributed by atoms with Crippen LogP contribution in [0.4, 0.5) is 13.2 Å². The number of rotatable bonds is 7. The van der Waals surface area contributed by atoms with Gasteiger partial charge in [0, 0.05) is 25.0 Å². The average molecular weight is 337 g/mol. The molecule has 3 rings (SSSR count). The van der Waals surface area contributed by atoms with Crippen molar-refractivity contribution < 1.29 is 13.2 Å². The minimum atomic E-state index is -4.23. The van der Waals surface area contributed by atoms with Crippen LogP contribution in [-0.4, -0.2) is 26.7 Å². The zero-order chi connectivity index (χ0) is 17.2. The number of halogens is 3. The van der Waals surface area contributed by atoms with Gasteiger partial charge in [0.15, 0.2) is 0 Å². The minimum absolute atomic E-state index is 0.448. The fourth-order valence-corrected chi connectivity index (χ4v) is 2.88. The van der Waals surface area contributed by atoms with Gasteiger partial charge in [0.1, 0.15) is 12.4 Å². The largest absolute Gasteiger partial charge is 0.406 e. The highest BCUT2D eigenvalue weighted by molar-refractivity contribution is 5.22. The predicted octanol–water partition coefficient (Wildman–Crippen LogP) is 4.17. The number of alkyl halides is 3.